The Morgan fingerprint density at radius 2 is 2.19 bits per heavy atom. The number of nitrogens with one attached hydrogen (secondary N) is 1. The third-order valence-corrected chi connectivity index (χ3v) is 3.04. The lowest BCUT2D eigenvalue weighted by molar-refractivity contribution is 0.708. The van der Waals surface area contributed by atoms with E-state index in [-0.39, 0.29) is 6.04 Å². The molecule has 0 radical (unpaired) electrons. The Kier molecular flexibility index (Phi) is 3.72. The van der Waals surface area contributed by atoms with Crippen molar-refractivity contribution in [1.29, 1.82) is 0 Å². The first-order valence-corrected chi connectivity index (χ1v) is 6.11. The van der Waals surface area contributed by atoms with E-state index >= 15 is 0 Å². The first-order valence-electron chi connectivity index (χ1n) is 6.11. The maximum atomic E-state index is 5.56. The van der Waals surface area contributed by atoms with Crippen LogP contribution in [-0.2, 0) is 12.8 Å². The van der Waals surface area contributed by atoms with Gasteiger partial charge in [0.05, 0.1) is 0 Å². The molecule has 16 heavy (non-hydrogen) atoms. The molecule has 1 aliphatic rings. The molecule has 0 aromatic carbocycles. The van der Waals surface area contributed by atoms with Crippen LogP contribution in [-0.4, -0.2) is 22.6 Å². The van der Waals surface area contributed by atoms with E-state index in [1.54, 1.807) is 0 Å². The molecule has 1 aliphatic carbocycles. The summed E-state index contributed by atoms with van der Waals surface area (Å²) in [4.78, 5) is 8.93. The Hall–Kier alpha value is -1.16. The van der Waals surface area contributed by atoms with Crippen LogP contribution in [0, 0.1) is 0 Å². The second-order valence-electron chi connectivity index (χ2n) is 4.51. The van der Waals surface area contributed by atoms with Gasteiger partial charge in [-0.2, -0.15) is 0 Å². The SMILES string of the molecule is CC(CN)Nc1ncc2c(n1)CCCCC2. The van der Waals surface area contributed by atoms with E-state index in [1.165, 1.54) is 30.5 Å². The number of aryl methyl sites for hydroxylation is 2. The summed E-state index contributed by atoms with van der Waals surface area (Å²) in [5.74, 6) is 0.721. The van der Waals surface area contributed by atoms with Crippen LogP contribution >= 0.6 is 0 Å². The number of nitrogens with zero attached hydrogens (tertiary/aromatic N) is 2. The third kappa shape index (κ3) is 2.70. The van der Waals surface area contributed by atoms with Crippen molar-refractivity contribution in [2.45, 2.75) is 45.1 Å². The van der Waals surface area contributed by atoms with Crippen molar-refractivity contribution >= 4 is 5.95 Å². The molecule has 3 N–H and O–H groups in total. The molecule has 0 fully saturated rings. The zero-order chi connectivity index (χ0) is 11.4. The summed E-state index contributed by atoms with van der Waals surface area (Å²) in [6.45, 7) is 2.63. The first-order chi connectivity index (χ1) is 7.79. The molecule has 0 aliphatic heterocycles. The van der Waals surface area contributed by atoms with Crippen LogP contribution in [0.15, 0.2) is 6.20 Å². The standard InChI is InChI=1S/C12H20N4/c1-9(7-13)15-12-14-8-10-5-3-2-4-6-11(10)16-12/h8-9H,2-7,13H2,1H3,(H,14,15,16). The Bertz CT molecular complexity index is 351. The summed E-state index contributed by atoms with van der Waals surface area (Å²) in [6.07, 6.45) is 8.00. The van der Waals surface area contributed by atoms with E-state index in [4.69, 9.17) is 5.73 Å². The molecule has 0 spiro atoms. The van der Waals surface area contributed by atoms with Crippen molar-refractivity contribution in [2.75, 3.05) is 11.9 Å². The van der Waals surface area contributed by atoms with Gasteiger partial charge in [0.15, 0.2) is 0 Å². The highest BCUT2D eigenvalue weighted by atomic mass is 15.1. The van der Waals surface area contributed by atoms with Gasteiger partial charge in [0.1, 0.15) is 0 Å². The minimum atomic E-state index is 0.226. The van der Waals surface area contributed by atoms with Gasteiger partial charge in [0.25, 0.3) is 0 Å². The predicted molar refractivity (Wildman–Crippen MR) is 65.4 cm³/mol. The molecule has 0 saturated carbocycles. The summed E-state index contributed by atoms with van der Waals surface area (Å²) >= 11 is 0. The van der Waals surface area contributed by atoms with Gasteiger partial charge in [0.2, 0.25) is 5.95 Å². The van der Waals surface area contributed by atoms with Crippen molar-refractivity contribution in [1.82, 2.24) is 9.97 Å². The van der Waals surface area contributed by atoms with Crippen LogP contribution in [0.25, 0.3) is 0 Å². The summed E-state index contributed by atoms with van der Waals surface area (Å²) < 4.78 is 0. The summed E-state index contributed by atoms with van der Waals surface area (Å²) in [6, 6.07) is 0.226. The van der Waals surface area contributed by atoms with Crippen LogP contribution in [0.3, 0.4) is 0 Å². The number of anilines is 1. The number of nitrogens with two attached hydrogens (primary N) is 1. The quantitative estimate of drug-likeness (QED) is 0.758. The monoisotopic (exact) mass is 220 g/mol. The molecule has 1 heterocycles. The molecule has 4 nitrogen and oxygen atoms in total. The van der Waals surface area contributed by atoms with Gasteiger partial charge in [0, 0.05) is 24.5 Å². The molecular formula is C12H20N4. The van der Waals surface area contributed by atoms with Gasteiger partial charge in [-0.3, -0.25) is 0 Å². The Morgan fingerprint density at radius 3 is 3.00 bits per heavy atom. The number of aromatic nitrogens is 2. The topological polar surface area (TPSA) is 63.8 Å². The lowest BCUT2D eigenvalue weighted by atomic mass is 10.1. The Morgan fingerprint density at radius 1 is 1.38 bits per heavy atom. The summed E-state index contributed by atoms with van der Waals surface area (Å²) in [7, 11) is 0. The van der Waals surface area contributed by atoms with Gasteiger partial charge in [-0.25, -0.2) is 9.97 Å². The summed E-state index contributed by atoms with van der Waals surface area (Å²) in [5, 5.41) is 3.21. The third-order valence-electron chi connectivity index (χ3n) is 3.04. The molecule has 0 bridgehead atoms. The molecule has 1 atom stereocenters. The zero-order valence-electron chi connectivity index (χ0n) is 9.87. The van der Waals surface area contributed by atoms with E-state index in [9.17, 15) is 0 Å². The largest absolute Gasteiger partial charge is 0.350 e. The predicted octanol–water partition coefficient (Wildman–Crippen LogP) is 1.50. The molecular weight excluding hydrogens is 200 g/mol. The minimum Gasteiger partial charge on any atom is -0.350 e. The normalized spacial score (nSPS) is 17.4. The van der Waals surface area contributed by atoms with E-state index in [0.717, 1.165) is 18.8 Å². The fourth-order valence-corrected chi connectivity index (χ4v) is 2.00. The highest BCUT2D eigenvalue weighted by Crippen LogP contribution is 2.19. The molecule has 1 aromatic rings. The molecule has 88 valence electrons. The van der Waals surface area contributed by atoms with E-state index in [0.29, 0.717) is 6.54 Å². The molecule has 2 rings (SSSR count). The number of rotatable bonds is 3. The van der Waals surface area contributed by atoms with Gasteiger partial charge in [-0.05, 0) is 38.2 Å². The lowest BCUT2D eigenvalue weighted by Gasteiger charge is -2.12. The van der Waals surface area contributed by atoms with Crippen molar-refractivity contribution in [3.63, 3.8) is 0 Å². The smallest absolute Gasteiger partial charge is 0.223 e. The van der Waals surface area contributed by atoms with Gasteiger partial charge >= 0.3 is 0 Å². The highest BCUT2D eigenvalue weighted by molar-refractivity contribution is 5.31. The van der Waals surface area contributed by atoms with Gasteiger partial charge in [-0.15, -0.1) is 0 Å². The maximum absolute atomic E-state index is 5.56. The highest BCUT2D eigenvalue weighted by Gasteiger charge is 2.11. The molecule has 1 unspecified atom stereocenters. The van der Waals surface area contributed by atoms with E-state index < -0.39 is 0 Å². The minimum absolute atomic E-state index is 0.226. The fraction of sp³-hybridized carbons (Fsp3) is 0.667. The van der Waals surface area contributed by atoms with Crippen LogP contribution in [0.5, 0.6) is 0 Å². The number of fused-ring (bicyclic) bond motifs is 1. The number of hydrogen-bond acceptors (Lipinski definition) is 4. The van der Waals surface area contributed by atoms with E-state index in [1.807, 2.05) is 13.1 Å². The van der Waals surface area contributed by atoms with Crippen molar-refractivity contribution in [3.05, 3.63) is 17.5 Å². The van der Waals surface area contributed by atoms with Crippen molar-refractivity contribution in [2.24, 2.45) is 5.73 Å². The summed E-state index contributed by atoms with van der Waals surface area (Å²) in [5.41, 5.74) is 8.11. The van der Waals surface area contributed by atoms with Crippen LogP contribution in [0.4, 0.5) is 5.95 Å². The van der Waals surface area contributed by atoms with Crippen molar-refractivity contribution in [3.8, 4) is 0 Å². The second kappa shape index (κ2) is 5.25. The average molecular weight is 220 g/mol. The Balaban J connectivity index is 2.14. The molecule has 1 aromatic heterocycles. The zero-order valence-corrected chi connectivity index (χ0v) is 9.87. The molecule has 0 amide bonds. The van der Waals surface area contributed by atoms with Crippen LogP contribution in [0.1, 0.15) is 37.4 Å². The van der Waals surface area contributed by atoms with Crippen LogP contribution in [0.2, 0.25) is 0 Å². The Labute approximate surface area is 96.7 Å². The van der Waals surface area contributed by atoms with Gasteiger partial charge in [-0.1, -0.05) is 6.42 Å². The average Bonchev–Trinajstić information content (AvgIpc) is 2.53. The fourth-order valence-electron chi connectivity index (χ4n) is 2.00. The molecule has 4 heteroatoms. The lowest BCUT2D eigenvalue weighted by Crippen LogP contribution is -2.26. The number of hydrogen-bond donors (Lipinski definition) is 2. The second-order valence-corrected chi connectivity index (χ2v) is 4.51. The van der Waals surface area contributed by atoms with Gasteiger partial charge < -0.3 is 11.1 Å². The van der Waals surface area contributed by atoms with Crippen molar-refractivity contribution < 1.29 is 0 Å². The molecule has 0 saturated heterocycles. The van der Waals surface area contributed by atoms with E-state index in [2.05, 4.69) is 15.3 Å². The first kappa shape index (κ1) is 11.3. The maximum Gasteiger partial charge on any atom is 0.223 e. The van der Waals surface area contributed by atoms with Crippen LogP contribution < -0.4 is 11.1 Å².